The maximum Gasteiger partial charge on any atom is 0.254 e. The van der Waals surface area contributed by atoms with Gasteiger partial charge in [0.15, 0.2) is 0 Å². The number of carbonyl (C=O) groups is 1. The van der Waals surface area contributed by atoms with Gasteiger partial charge in [0, 0.05) is 37.9 Å². The van der Waals surface area contributed by atoms with Gasteiger partial charge < -0.3 is 9.30 Å². The van der Waals surface area contributed by atoms with E-state index in [1.165, 1.54) is 11.1 Å². The van der Waals surface area contributed by atoms with Crippen molar-refractivity contribution in [3.8, 4) is 0 Å². The van der Waals surface area contributed by atoms with Crippen molar-refractivity contribution in [2.45, 2.75) is 6.04 Å². The number of benzene rings is 2. The highest BCUT2D eigenvalue weighted by atomic mass is 16.2. The molecule has 5 nitrogen and oxygen atoms in total. The molecule has 0 N–H and O–H groups in total. The molecular weight excluding hydrogens is 372 g/mol. The van der Waals surface area contributed by atoms with E-state index in [-0.39, 0.29) is 11.9 Å². The summed E-state index contributed by atoms with van der Waals surface area (Å²) in [6, 6.07) is 25.2. The minimum atomic E-state index is 0.0920. The second-order valence-corrected chi connectivity index (χ2v) is 7.69. The van der Waals surface area contributed by atoms with Gasteiger partial charge in [-0.2, -0.15) is 0 Å². The second-order valence-electron chi connectivity index (χ2n) is 7.69. The summed E-state index contributed by atoms with van der Waals surface area (Å²) in [5, 5.41) is 0. The molecule has 0 aliphatic carbocycles. The van der Waals surface area contributed by atoms with E-state index in [1.54, 1.807) is 12.5 Å². The minimum Gasteiger partial charge on any atom is -0.336 e. The predicted molar refractivity (Wildman–Crippen MR) is 117 cm³/mol. The molecule has 2 aromatic carbocycles. The van der Waals surface area contributed by atoms with E-state index in [2.05, 4.69) is 70.5 Å². The standard InChI is InChI=1S/C25H24N4O/c30-25(22-11-12-29-19-26-18-23(29)17-22)28-15-13-27(14-16-28)24(20-7-3-1-4-8-20)21-9-5-2-6-10-21/h1-12,17-19,24H,13-16H2. The molecule has 0 unspecified atom stereocenters. The van der Waals surface area contributed by atoms with Crippen LogP contribution in [0, 0.1) is 0 Å². The van der Waals surface area contributed by atoms with Gasteiger partial charge in [-0.05, 0) is 23.3 Å². The first-order valence-corrected chi connectivity index (χ1v) is 10.3. The number of aromatic nitrogens is 2. The number of carbonyl (C=O) groups excluding carboxylic acids is 1. The summed E-state index contributed by atoms with van der Waals surface area (Å²) in [6.45, 7) is 3.13. The molecule has 1 fully saturated rings. The first-order valence-electron chi connectivity index (χ1n) is 10.3. The number of amides is 1. The van der Waals surface area contributed by atoms with E-state index in [0.717, 1.165) is 37.3 Å². The van der Waals surface area contributed by atoms with Crippen LogP contribution in [0.25, 0.3) is 5.52 Å². The summed E-state index contributed by atoms with van der Waals surface area (Å²) in [6.07, 6.45) is 5.42. The molecule has 5 heteroatoms. The molecule has 1 aliphatic rings. The Morgan fingerprint density at radius 3 is 2.10 bits per heavy atom. The van der Waals surface area contributed by atoms with Crippen molar-refractivity contribution in [3.05, 3.63) is 108 Å². The number of hydrogen-bond donors (Lipinski definition) is 0. The SMILES string of the molecule is O=C(c1ccn2cncc2c1)N1CCN(C(c2ccccc2)c2ccccc2)CC1. The van der Waals surface area contributed by atoms with E-state index in [0.29, 0.717) is 0 Å². The molecule has 0 bridgehead atoms. The average molecular weight is 396 g/mol. The van der Waals surface area contributed by atoms with Crippen LogP contribution in [0.5, 0.6) is 0 Å². The number of piperazine rings is 1. The summed E-state index contributed by atoms with van der Waals surface area (Å²) in [4.78, 5) is 21.6. The molecule has 0 saturated carbocycles. The zero-order valence-electron chi connectivity index (χ0n) is 16.8. The molecule has 3 heterocycles. The third kappa shape index (κ3) is 3.60. The Morgan fingerprint density at radius 2 is 1.47 bits per heavy atom. The van der Waals surface area contributed by atoms with Gasteiger partial charge in [-0.15, -0.1) is 0 Å². The topological polar surface area (TPSA) is 40.9 Å². The summed E-state index contributed by atoms with van der Waals surface area (Å²) in [7, 11) is 0. The number of rotatable bonds is 4. The quantitative estimate of drug-likeness (QED) is 0.526. The van der Waals surface area contributed by atoms with E-state index < -0.39 is 0 Å². The Balaban J connectivity index is 1.34. The van der Waals surface area contributed by atoms with Gasteiger partial charge in [0.1, 0.15) is 0 Å². The van der Waals surface area contributed by atoms with Gasteiger partial charge in [0.2, 0.25) is 0 Å². The Kier molecular flexibility index (Phi) is 5.03. The molecule has 5 rings (SSSR count). The lowest BCUT2D eigenvalue weighted by Gasteiger charge is -2.39. The van der Waals surface area contributed by atoms with Crippen LogP contribution in [0.1, 0.15) is 27.5 Å². The van der Waals surface area contributed by atoms with Crippen molar-refractivity contribution in [2.24, 2.45) is 0 Å². The number of pyridine rings is 1. The van der Waals surface area contributed by atoms with E-state index in [1.807, 2.05) is 27.6 Å². The maximum absolute atomic E-state index is 13.1. The molecule has 150 valence electrons. The molecule has 1 aliphatic heterocycles. The molecule has 4 aromatic rings. The van der Waals surface area contributed by atoms with Crippen molar-refractivity contribution in [3.63, 3.8) is 0 Å². The van der Waals surface area contributed by atoms with Gasteiger partial charge in [0.25, 0.3) is 5.91 Å². The summed E-state index contributed by atoms with van der Waals surface area (Å²) >= 11 is 0. The molecule has 1 saturated heterocycles. The fraction of sp³-hybridized carbons (Fsp3) is 0.200. The van der Waals surface area contributed by atoms with Crippen LogP contribution in [0.3, 0.4) is 0 Å². The van der Waals surface area contributed by atoms with E-state index in [9.17, 15) is 4.79 Å². The summed E-state index contributed by atoms with van der Waals surface area (Å²) in [5.74, 6) is 0.0920. The van der Waals surface area contributed by atoms with Crippen molar-refractivity contribution < 1.29 is 4.79 Å². The average Bonchev–Trinajstić information content (AvgIpc) is 3.29. The maximum atomic E-state index is 13.1. The van der Waals surface area contributed by atoms with Crippen LogP contribution in [-0.4, -0.2) is 51.3 Å². The van der Waals surface area contributed by atoms with Crippen LogP contribution in [0.15, 0.2) is 91.5 Å². The van der Waals surface area contributed by atoms with Gasteiger partial charge >= 0.3 is 0 Å². The minimum absolute atomic E-state index is 0.0920. The van der Waals surface area contributed by atoms with Crippen molar-refractivity contribution in [2.75, 3.05) is 26.2 Å². The lowest BCUT2D eigenvalue weighted by Crippen LogP contribution is -2.49. The van der Waals surface area contributed by atoms with Gasteiger partial charge in [-0.1, -0.05) is 60.7 Å². The zero-order chi connectivity index (χ0) is 20.3. The largest absolute Gasteiger partial charge is 0.336 e. The van der Waals surface area contributed by atoms with Crippen molar-refractivity contribution >= 4 is 11.4 Å². The molecule has 1 amide bonds. The Hall–Kier alpha value is -3.44. The van der Waals surface area contributed by atoms with E-state index >= 15 is 0 Å². The molecule has 0 radical (unpaired) electrons. The van der Waals surface area contributed by atoms with Gasteiger partial charge in [-0.25, -0.2) is 4.98 Å². The number of imidazole rings is 1. The molecule has 30 heavy (non-hydrogen) atoms. The first-order chi connectivity index (χ1) is 14.8. The third-order valence-corrected chi connectivity index (χ3v) is 5.86. The summed E-state index contributed by atoms with van der Waals surface area (Å²) < 4.78 is 1.92. The lowest BCUT2D eigenvalue weighted by molar-refractivity contribution is 0.0597. The normalized spacial score (nSPS) is 15.0. The second kappa shape index (κ2) is 8.13. The van der Waals surface area contributed by atoms with Crippen LogP contribution >= 0.6 is 0 Å². The molecular formula is C25H24N4O. The predicted octanol–water partition coefficient (Wildman–Crippen LogP) is 3.88. The smallest absolute Gasteiger partial charge is 0.254 e. The zero-order valence-corrected chi connectivity index (χ0v) is 16.8. The fourth-order valence-corrected chi connectivity index (χ4v) is 4.30. The van der Waals surface area contributed by atoms with Crippen LogP contribution < -0.4 is 0 Å². The first kappa shape index (κ1) is 18.6. The van der Waals surface area contributed by atoms with Crippen molar-refractivity contribution in [1.29, 1.82) is 0 Å². The highest BCUT2D eigenvalue weighted by Gasteiger charge is 2.28. The number of fused-ring (bicyclic) bond motifs is 1. The van der Waals surface area contributed by atoms with Crippen molar-refractivity contribution in [1.82, 2.24) is 19.2 Å². The molecule has 0 atom stereocenters. The lowest BCUT2D eigenvalue weighted by atomic mass is 9.96. The molecule has 2 aromatic heterocycles. The highest BCUT2D eigenvalue weighted by Crippen LogP contribution is 2.29. The summed E-state index contributed by atoms with van der Waals surface area (Å²) in [5.41, 5.74) is 4.23. The fourth-order valence-electron chi connectivity index (χ4n) is 4.30. The highest BCUT2D eigenvalue weighted by molar-refractivity contribution is 5.95. The Bertz CT molecular complexity index is 1090. The van der Waals surface area contributed by atoms with Crippen LogP contribution in [0.4, 0.5) is 0 Å². The Morgan fingerprint density at radius 1 is 0.833 bits per heavy atom. The monoisotopic (exact) mass is 396 g/mol. The van der Waals surface area contributed by atoms with Gasteiger partial charge in [0.05, 0.1) is 24.1 Å². The number of hydrogen-bond acceptors (Lipinski definition) is 3. The number of nitrogens with zero attached hydrogens (tertiary/aromatic N) is 4. The van der Waals surface area contributed by atoms with Gasteiger partial charge in [-0.3, -0.25) is 9.69 Å². The van der Waals surface area contributed by atoms with E-state index in [4.69, 9.17) is 0 Å². The van der Waals surface area contributed by atoms with Crippen LogP contribution in [-0.2, 0) is 0 Å². The van der Waals surface area contributed by atoms with Crippen LogP contribution in [0.2, 0.25) is 0 Å². The molecule has 0 spiro atoms. The Labute approximate surface area is 176 Å². The third-order valence-electron chi connectivity index (χ3n) is 5.86.